The lowest BCUT2D eigenvalue weighted by molar-refractivity contribution is 0.0891. The molecule has 0 unspecified atom stereocenters. The van der Waals surface area contributed by atoms with Crippen LogP contribution in [0.2, 0.25) is 0 Å². The quantitative estimate of drug-likeness (QED) is 0.674. The van der Waals surface area contributed by atoms with E-state index in [0.29, 0.717) is 0 Å². The molecule has 0 saturated carbocycles. The Bertz CT molecular complexity index is 211. The predicted octanol–water partition coefficient (Wildman–Crippen LogP) is 1.52. The number of nitrogens with one attached hydrogen (secondary N) is 1. The molecule has 2 N–H and O–H groups in total. The Balaban J connectivity index is 2.48. The van der Waals surface area contributed by atoms with Gasteiger partial charge >= 0.3 is 6.09 Å². The third kappa shape index (κ3) is 3.18. The highest BCUT2D eigenvalue weighted by molar-refractivity contribution is 5.64. The van der Waals surface area contributed by atoms with E-state index in [-0.39, 0.29) is 11.6 Å². The Morgan fingerprint density at radius 2 is 2.14 bits per heavy atom. The van der Waals surface area contributed by atoms with Gasteiger partial charge in [0.25, 0.3) is 0 Å². The minimum absolute atomic E-state index is 0.0977. The van der Waals surface area contributed by atoms with Gasteiger partial charge in [-0.25, -0.2) is 4.79 Å². The van der Waals surface area contributed by atoms with Crippen molar-refractivity contribution in [2.75, 3.05) is 13.1 Å². The molecule has 82 valence electrons. The zero-order valence-corrected chi connectivity index (χ0v) is 9.21. The molecule has 0 radical (unpaired) electrons. The van der Waals surface area contributed by atoms with Gasteiger partial charge in [-0.05, 0) is 40.2 Å². The van der Waals surface area contributed by atoms with Crippen LogP contribution in [0, 0.1) is 0 Å². The van der Waals surface area contributed by atoms with Crippen molar-refractivity contribution in [3.05, 3.63) is 0 Å². The molecule has 1 aliphatic heterocycles. The summed E-state index contributed by atoms with van der Waals surface area (Å²) in [5, 5.41) is 11.2. The molecule has 1 atom stereocenters. The third-order valence-electron chi connectivity index (χ3n) is 2.70. The Hall–Kier alpha value is -0.770. The van der Waals surface area contributed by atoms with Crippen molar-refractivity contribution in [3.8, 4) is 0 Å². The maximum atomic E-state index is 10.5. The maximum absolute atomic E-state index is 10.5. The number of nitrogens with zero attached hydrogens (tertiary/aromatic N) is 1. The molecule has 1 fully saturated rings. The van der Waals surface area contributed by atoms with Crippen LogP contribution in [0.15, 0.2) is 0 Å². The number of likely N-dealkylation sites (tertiary alicyclic amines) is 1. The number of carboxylic acid groups (broad SMARTS) is 1. The van der Waals surface area contributed by atoms with E-state index < -0.39 is 6.09 Å². The van der Waals surface area contributed by atoms with Gasteiger partial charge in [-0.1, -0.05) is 0 Å². The Labute approximate surface area is 85.3 Å². The van der Waals surface area contributed by atoms with Crippen molar-refractivity contribution in [2.45, 2.75) is 45.2 Å². The molecule has 0 aromatic heterocycles. The van der Waals surface area contributed by atoms with Crippen LogP contribution in [0.5, 0.6) is 0 Å². The topological polar surface area (TPSA) is 52.6 Å². The van der Waals surface area contributed by atoms with Crippen molar-refractivity contribution in [1.82, 2.24) is 10.2 Å². The van der Waals surface area contributed by atoms with Gasteiger partial charge in [0.2, 0.25) is 0 Å². The molecule has 4 nitrogen and oxygen atoms in total. The van der Waals surface area contributed by atoms with Crippen LogP contribution in [0.4, 0.5) is 4.79 Å². The maximum Gasteiger partial charge on any atom is 0.404 e. The van der Waals surface area contributed by atoms with E-state index in [0.717, 1.165) is 25.9 Å². The first-order valence-electron chi connectivity index (χ1n) is 5.14. The smallest absolute Gasteiger partial charge is 0.404 e. The number of hydrogen-bond acceptors (Lipinski definition) is 2. The summed E-state index contributed by atoms with van der Waals surface area (Å²) in [6.45, 7) is 8.39. The highest BCUT2D eigenvalue weighted by Gasteiger charge is 2.28. The molecule has 1 rings (SSSR count). The number of rotatable bonds is 1. The minimum Gasteiger partial charge on any atom is -0.465 e. The molecule has 14 heavy (non-hydrogen) atoms. The van der Waals surface area contributed by atoms with Crippen molar-refractivity contribution in [2.24, 2.45) is 0 Å². The molecule has 1 amide bonds. The monoisotopic (exact) mass is 200 g/mol. The van der Waals surface area contributed by atoms with Crippen LogP contribution >= 0.6 is 0 Å². The molecular weight excluding hydrogens is 180 g/mol. The van der Waals surface area contributed by atoms with Gasteiger partial charge in [-0.3, -0.25) is 4.90 Å². The first kappa shape index (κ1) is 11.3. The van der Waals surface area contributed by atoms with E-state index in [9.17, 15) is 4.79 Å². The molecule has 1 heterocycles. The van der Waals surface area contributed by atoms with E-state index in [2.05, 4.69) is 31.0 Å². The average Bonchev–Trinajstić information content (AvgIpc) is 2.01. The minimum atomic E-state index is -0.911. The van der Waals surface area contributed by atoms with E-state index >= 15 is 0 Å². The molecule has 0 aromatic carbocycles. The number of piperidine rings is 1. The number of hydrogen-bond donors (Lipinski definition) is 2. The zero-order chi connectivity index (χ0) is 10.8. The van der Waals surface area contributed by atoms with Crippen molar-refractivity contribution >= 4 is 6.09 Å². The van der Waals surface area contributed by atoms with Crippen molar-refractivity contribution < 1.29 is 9.90 Å². The molecule has 1 aliphatic rings. The van der Waals surface area contributed by atoms with Gasteiger partial charge in [-0.2, -0.15) is 0 Å². The van der Waals surface area contributed by atoms with Crippen molar-refractivity contribution in [1.29, 1.82) is 0 Å². The second kappa shape index (κ2) is 4.17. The fourth-order valence-electron chi connectivity index (χ4n) is 1.88. The molecular formula is C10H20N2O2. The molecule has 4 heteroatoms. The van der Waals surface area contributed by atoms with E-state index in [4.69, 9.17) is 5.11 Å². The fraction of sp³-hybridized carbons (Fsp3) is 0.900. The van der Waals surface area contributed by atoms with Gasteiger partial charge in [0, 0.05) is 18.1 Å². The van der Waals surface area contributed by atoms with Crippen molar-refractivity contribution in [3.63, 3.8) is 0 Å². The third-order valence-corrected chi connectivity index (χ3v) is 2.70. The van der Waals surface area contributed by atoms with Gasteiger partial charge in [0.15, 0.2) is 0 Å². The van der Waals surface area contributed by atoms with E-state index in [1.807, 2.05) is 0 Å². The highest BCUT2D eigenvalue weighted by atomic mass is 16.4. The fourth-order valence-corrected chi connectivity index (χ4v) is 1.88. The number of carbonyl (C=O) groups is 1. The SMILES string of the molecule is CC(C)(C)N1CCC[C@@H](NC(=O)O)C1. The van der Waals surface area contributed by atoms with Gasteiger partial charge in [0.05, 0.1) is 0 Å². The lowest BCUT2D eigenvalue weighted by Gasteiger charge is -2.41. The van der Waals surface area contributed by atoms with E-state index in [1.54, 1.807) is 0 Å². The average molecular weight is 200 g/mol. The molecule has 0 aliphatic carbocycles. The van der Waals surface area contributed by atoms with Crippen LogP contribution in [-0.4, -0.2) is 40.8 Å². The van der Waals surface area contributed by atoms with Gasteiger partial charge < -0.3 is 10.4 Å². The second-order valence-electron chi connectivity index (χ2n) is 4.91. The van der Waals surface area contributed by atoms with Crippen LogP contribution in [-0.2, 0) is 0 Å². The van der Waals surface area contributed by atoms with Crippen LogP contribution < -0.4 is 5.32 Å². The van der Waals surface area contributed by atoms with E-state index in [1.165, 1.54) is 0 Å². The first-order chi connectivity index (χ1) is 6.39. The van der Waals surface area contributed by atoms with Crippen LogP contribution in [0.25, 0.3) is 0 Å². The van der Waals surface area contributed by atoms with Gasteiger partial charge in [-0.15, -0.1) is 0 Å². The molecule has 0 spiro atoms. The largest absolute Gasteiger partial charge is 0.465 e. The lowest BCUT2D eigenvalue weighted by atomic mass is 9.98. The highest BCUT2D eigenvalue weighted by Crippen LogP contribution is 2.19. The normalized spacial score (nSPS) is 24.6. The lowest BCUT2D eigenvalue weighted by Crippen LogP contribution is -2.53. The molecule has 0 aromatic rings. The summed E-state index contributed by atoms with van der Waals surface area (Å²) in [6.07, 6.45) is 1.12. The first-order valence-corrected chi connectivity index (χ1v) is 5.14. The second-order valence-corrected chi connectivity index (χ2v) is 4.91. The molecule has 0 bridgehead atoms. The Kier molecular flexibility index (Phi) is 3.37. The summed E-state index contributed by atoms with van der Waals surface area (Å²) in [4.78, 5) is 12.8. The zero-order valence-electron chi connectivity index (χ0n) is 9.21. The summed E-state index contributed by atoms with van der Waals surface area (Å²) in [5.74, 6) is 0. The summed E-state index contributed by atoms with van der Waals surface area (Å²) in [7, 11) is 0. The summed E-state index contributed by atoms with van der Waals surface area (Å²) >= 11 is 0. The summed E-state index contributed by atoms with van der Waals surface area (Å²) in [6, 6.07) is 0.0977. The number of amides is 1. The summed E-state index contributed by atoms with van der Waals surface area (Å²) < 4.78 is 0. The predicted molar refractivity (Wildman–Crippen MR) is 55.5 cm³/mol. The van der Waals surface area contributed by atoms with Crippen LogP contribution in [0.1, 0.15) is 33.6 Å². The Morgan fingerprint density at radius 1 is 1.50 bits per heavy atom. The van der Waals surface area contributed by atoms with Crippen LogP contribution in [0.3, 0.4) is 0 Å². The summed E-state index contributed by atoms with van der Waals surface area (Å²) in [5.41, 5.74) is 0.138. The standard InChI is InChI=1S/C10H20N2O2/c1-10(2,3)12-6-4-5-8(7-12)11-9(13)14/h8,11H,4-7H2,1-3H3,(H,13,14)/t8-/m1/s1. The Morgan fingerprint density at radius 3 is 2.64 bits per heavy atom. The van der Waals surface area contributed by atoms with Gasteiger partial charge in [0.1, 0.15) is 0 Å². The molecule has 1 saturated heterocycles.